The minimum atomic E-state index is -3.47. The quantitative estimate of drug-likeness (QED) is 0.834. The molecule has 0 unspecified atom stereocenters. The van der Waals surface area contributed by atoms with Gasteiger partial charge in [-0.05, 0) is 25.0 Å². The van der Waals surface area contributed by atoms with Crippen molar-refractivity contribution in [2.45, 2.75) is 44.2 Å². The second kappa shape index (κ2) is 6.63. The van der Waals surface area contributed by atoms with Crippen molar-refractivity contribution in [2.75, 3.05) is 24.2 Å². The number of para-hydroxylation sites is 2. The number of carbonyl (C=O) groups is 1. The van der Waals surface area contributed by atoms with Crippen molar-refractivity contribution in [1.82, 2.24) is 4.90 Å². The van der Waals surface area contributed by atoms with E-state index in [2.05, 4.69) is 0 Å². The van der Waals surface area contributed by atoms with Gasteiger partial charge in [0, 0.05) is 13.1 Å². The van der Waals surface area contributed by atoms with Crippen LogP contribution in [0.2, 0.25) is 0 Å². The number of sulfonamides is 1. The lowest BCUT2D eigenvalue weighted by atomic mass is 9.94. The summed E-state index contributed by atoms with van der Waals surface area (Å²) in [6.07, 6.45) is 5.83. The van der Waals surface area contributed by atoms with E-state index in [1.807, 2.05) is 0 Å². The van der Waals surface area contributed by atoms with Crippen LogP contribution in [0.4, 0.5) is 5.69 Å². The van der Waals surface area contributed by atoms with Crippen LogP contribution in [0.3, 0.4) is 0 Å². The van der Waals surface area contributed by atoms with E-state index in [1.165, 1.54) is 10.7 Å². The molecule has 1 fully saturated rings. The molecule has 6 nitrogen and oxygen atoms in total. The molecule has 3 rings (SSSR count). The Morgan fingerprint density at radius 2 is 1.88 bits per heavy atom. The van der Waals surface area contributed by atoms with Crippen LogP contribution in [-0.2, 0) is 14.8 Å². The number of likely N-dealkylation sites (N-methyl/N-ethyl adjacent to an activating group) is 1. The number of rotatable bonds is 3. The fourth-order valence-corrected chi connectivity index (χ4v) is 4.43. The topological polar surface area (TPSA) is 66.9 Å². The standard InChI is InChI=1S/C17H24N2O4S/c1-18(13-8-4-3-5-9-13)17(20)16-12-19(24(2,21)22)14-10-6-7-11-15(14)23-16/h6-7,10-11,13,16H,3-5,8-9,12H2,1-2H3/t16-/m0/s1. The first-order valence-electron chi connectivity index (χ1n) is 8.38. The van der Waals surface area contributed by atoms with Crippen LogP contribution in [0.15, 0.2) is 24.3 Å². The Morgan fingerprint density at radius 1 is 1.21 bits per heavy atom. The van der Waals surface area contributed by atoms with Crippen molar-refractivity contribution >= 4 is 21.6 Å². The normalized spacial score (nSPS) is 21.8. The summed E-state index contributed by atoms with van der Waals surface area (Å²) in [5.41, 5.74) is 0.490. The molecule has 7 heteroatoms. The van der Waals surface area contributed by atoms with Crippen molar-refractivity contribution < 1.29 is 17.9 Å². The molecule has 1 atom stereocenters. The molecule has 0 radical (unpaired) electrons. The molecule has 1 aliphatic carbocycles. The van der Waals surface area contributed by atoms with Crippen LogP contribution in [0, 0.1) is 0 Å². The Hall–Kier alpha value is -1.76. The fraction of sp³-hybridized carbons (Fsp3) is 0.588. The number of anilines is 1. The molecular formula is C17H24N2O4S. The zero-order valence-electron chi connectivity index (χ0n) is 14.1. The van der Waals surface area contributed by atoms with Crippen molar-refractivity contribution in [3.05, 3.63) is 24.3 Å². The molecule has 1 saturated carbocycles. The Labute approximate surface area is 143 Å². The number of amides is 1. The summed E-state index contributed by atoms with van der Waals surface area (Å²) < 4.78 is 31.4. The van der Waals surface area contributed by atoms with Crippen LogP contribution in [0.5, 0.6) is 5.75 Å². The van der Waals surface area contributed by atoms with Gasteiger partial charge in [0.25, 0.3) is 5.91 Å². The third-order valence-corrected chi connectivity index (χ3v) is 6.03. The number of hydrogen-bond acceptors (Lipinski definition) is 4. The van der Waals surface area contributed by atoms with Gasteiger partial charge in [0.2, 0.25) is 10.0 Å². The zero-order valence-corrected chi connectivity index (χ0v) is 15.0. The smallest absolute Gasteiger partial charge is 0.265 e. The van der Waals surface area contributed by atoms with Crippen molar-refractivity contribution in [3.8, 4) is 5.75 Å². The van der Waals surface area contributed by atoms with E-state index in [4.69, 9.17) is 4.74 Å². The maximum Gasteiger partial charge on any atom is 0.265 e. The fourth-order valence-electron chi connectivity index (χ4n) is 3.52. The highest BCUT2D eigenvalue weighted by Gasteiger charge is 2.37. The van der Waals surface area contributed by atoms with Gasteiger partial charge in [-0.2, -0.15) is 0 Å². The van der Waals surface area contributed by atoms with Gasteiger partial charge in [-0.15, -0.1) is 0 Å². The van der Waals surface area contributed by atoms with Crippen LogP contribution in [0.25, 0.3) is 0 Å². The zero-order chi connectivity index (χ0) is 17.3. The van der Waals surface area contributed by atoms with Gasteiger partial charge in [0.15, 0.2) is 6.10 Å². The molecule has 132 valence electrons. The molecule has 1 aromatic carbocycles. The van der Waals surface area contributed by atoms with Crippen molar-refractivity contribution in [3.63, 3.8) is 0 Å². The summed E-state index contributed by atoms with van der Waals surface area (Å²) in [7, 11) is -1.68. The van der Waals surface area contributed by atoms with Gasteiger partial charge in [-0.3, -0.25) is 9.10 Å². The first kappa shape index (κ1) is 17.1. The van der Waals surface area contributed by atoms with Gasteiger partial charge in [-0.25, -0.2) is 8.42 Å². The summed E-state index contributed by atoms with van der Waals surface area (Å²) in [4.78, 5) is 14.6. The predicted octanol–water partition coefficient (Wildman–Crippen LogP) is 2.00. The van der Waals surface area contributed by atoms with Crippen LogP contribution in [-0.4, -0.2) is 51.2 Å². The summed E-state index contributed by atoms with van der Waals surface area (Å²) in [5.74, 6) is 0.287. The third kappa shape index (κ3) is 3.36. The monoisotopic (exact) mass is 352 g/mol. The van der Waals surface area contributed by atoms with Crippen LogP contribution >= 0.6 is 0 Å². The molecular weight excluding hydrogens is 328 g/mol. The second-order valence-corrected chi connectivity index (χ2v) is 8.52. The number of fused-ring (bicyclic) bond motifs is 1. The number of nitrogens with zero attached hydrogens (tertiary/aromatic N) is 2. The molecule has 1 heterocycles. The molecule has 0 saturated heterocycles. The Balaban J connectivity index is 1.83. The van der Waals surface area contributed by atoms with Gasteiger partial charge >= 0.3 is 0 Å². The molecule has 0 aromatic heterocycles. The molecule has 24 heavy (non-hydrogen) atoms. The maximum absolute atomic E-state index is 12.9. The first-order chi connectivity index (χ1) is 11.4. The predicted molar refractivity (Wildman–Crippen MR) is 92.7 cm³/mol. The van der Waals surface area contributed by atoms with Crippen molar-refractivity contribution in [1.29, 1.82) is 0 Å². The average Bonchev–Trinajstić information content (AvgIpc) is 2.59. The highest BCUT2D eigenvalue weighted by Crippen LogP contribution is 2.35. The minimum Gasteiger partial charge on any atom is -0.476 e. The molecule has 2 aliphatic rings. The van der Waals surface area contributed by atoms with E-state index in [0.717, 1.165) is 31.9 Å². The lowest BCUT2D eigenvalue weighted by Crippen LogP contribution is -2.53. The number of carbonyl (C=O) groups excluding carboxylic acids is 1. The Bertz CT molecular complexity index is 713. The maximum atomic E-state index is 12.9. The molecule has 0 spiro atoms. The van der Waals surface area contributed by atoms with E-state index in [9.17, 15) is 13.2 Å². The lowest BCUT2D eigenvalue weighted by molar-refractivity contribution is -0.139. The third-order valence-electron chi connectivity index (χ3n) is 4.88. The summed E-state index contributed by atoms with van der Waals surface area (Å²) in [5, 5.41) is 0. The molecule has 0 N–H and O–H groups in total. The van der Waals surface area contributed by atoms with Gasteiger partial charge in [0.05, 0.1) is 18.5 Å². The van der Waals surface area contributed by atoms with E-state index in [1.54, 1.807) is 36.2 Å². The highest BCUT2D eigenvalue weighted by molar-refractivity contribution is 7.92. The lowest BCUT2D eigenvalue weighted by Gasteiger charge is -2.38. The number of ether oxygens (including phenoxy) is 1. The average molecular weight is 352 g/mol. The van der Waals surface area contributed by atoms with Gasteiger partial charge < -0.3 is 9.64 Å². The van der Waals surface area contributed by atoms with E-state index in [-0.39, 0.29) is 18.5 Å². The highest BCUT2D eigenvalue weighted by atomic mass is 32.2. The molecule has 1 amide bonds. The van der Waals surface area contributed by atoms with E-state index >= 15 is 0 Å². The van der Waals surface area contributed by atoms with Gasteiger partial charge in [-0.1, -0.05) is 31.4 Å². The molecule has 1 aromatic rings. The number of hydrogen-bond donors (Lipinski definition) is 0. The van der Waals surface area contributed by atoms with Gasteiger partial charge in [0.1, 0.15) is 5.75 Å². The van der Waals surface area contributed by atoms with Crippen molar-refractivity contribution in [2.24, 2.45) is 0 Å². The molecule has 1 aliphatic heterocycles. The minimum absolute atomic E-state index is 0.0196. The Kier molecular flexibility index (Phi) is 4.71. The van der Waals surface area contributed by atoms with Crippen LogP contribution in [0.1, 0.15) is 32.1 Å². The largest absolute Gasteiger partial charge is 0.476 e. The molecule has 0 bridgehead atoms. The van der Waals surface area contributed by atoms with Crippen LogP contribution < -0.4 is 9.04 Å². The summed E-state index contributed by atoms with van der Waals surface area (Å²) >= 11 is 0. The number of benzene rings is 1. The first-order valence-corrected chi connectivity index (χ1v) is 10.2. The summed E-state index contributed by atoms with van der Waals surface area (Å²) in [6.45, 7) is 0.0196. The van der Waals surface area contributed by atoms with E-state index < -0.39 is 16.1 Å². The summed E-state index contributed by atoms with van der Waals surface area (Å²) in [6, 6.07) is 7.15. The SMILES string of the molecule is CN(C(=O)[C@@H]1CN(S(C)(=O)=O)c2ccccc2O1)C1CCCCC1. The second-order valence-electron chi connectivity index (χ2n) is 6.61. The van der Waals surface area contributed by atoms with E-state index in [0.29, 0.717) is 11.4 Å². The Morgan fingerprint density at radius 3 is 2.54 bits per heavy atom.